The molecule has 106 valence electrons. The van der Waals surface area contributed by atoms with Gasteiger partial charge in [0.1, 0.15) is 0 Å². The summed E-state index contributed by atoms with van der Waals surface area (Å²) in [6.45, 7) is 7.20. The van der Waals surface area contributed by atoms with Crippen molar-refractivity contribution in [3.63, 3.8) is 0 Å². The Labute approximate surface area is 122 Å². The molecule has 0 bridgehead atoms. The number of hydrogen-bond donors (Lipinski definition) is 1. The van der Waals surface area contributed by atoms with Crippen LogP contribution < -0.4 is 5.73 Å². The number of rotatable bonds is 5. The van der Waals surface area contributed by atoms with Crippen molar-refractivity contribution in [2.24, 2.45) is 11.7 Å². The van der Waals surface area contributed by atoms with Gasteiger partial charge in [-0.1, -0.05) is 59.2 Å². The van der Waals surface area contributed by atoms with Gasteiger partial charge in [-0.05, 0) is 57.2 Å². The van der Waals surface area contributed by atoms with E-state index in [2.05, 4.69) is 63.2 Å². The summed E-state index contributed by atoms with van der Waals surface area (Å²) < 4.78 is 0. The number of aryl methyl sites for hydroxylation is 3. The average Bonchev–Trinajstić information content (AvgIpc) is 2.36. The largest absolute Gasteiger partial charge is 0.330 e. The van der Waals surface area contributed by atoms with Crippen LogP contribution in [-0.2, 0) is 12.8 Å². The second-order valence-electron chi connectivity index (χ2n) is 5.99. The lowest BCUT2D eigenvalue weighted by atomic mass is 9.91. The van der Waals surface area contributed by atoms with Gasteiger partial charge in [0.05, 0.1) is 0 Å². The van der Waals surface area contributed by atoms with Crippen LogP contribution in [0, 0.1) is 26.7 Å². The zero-order chi connectivity index (χ0) is 14.5. The van der Waals surface area contributed by atoms with Gasteiger partial charge < -0.3 is 5.73 Å². The first-order valence-corrected chi connectivity index (χ1v) is 7.39. The third-order valence-electron chi connectivity index (χ3n) is 3.75. The standard InChI is InChI=1S/C19H25N/c1-14-5-4-6-17(8-14)11-19(13-20)12-18-9-15(2)7-16(3)10-18/h4-10,19H,11-13,20H2,1-3H3. The number of benzene rings is 2. The van der Waals surface area contributed by atoms with Crippen molar-refractivity contribution < 1.29 is 0 Å². The van der Waals surface area contributed by atoms with Gasteiger partial charge >= 0.3 is 0 Å². The molecule has 2 aromatic carbocycles. The highest BCUT2D eigenvalue weighted by atomic mass is 14.5. The van der Waals surface area contributed by atoms with Crippen LogP contribution >= 0.6 is 0 Å². The Morgan fingerprint density at radius 2 is 1.40 bits per heavy atom. The fourth-order valence-corrected chi connectivity index (χ4v) is 2.93. The Kier molecular flexibility index (Phi) is 4.97. The molecular formula is C19H25N. The van der Waals surface area contributed by atoms with E-state index in [0.717, 1.165) is 19.4 Å². The van der Waals surface area contributed by atoms with Crippen molar-refractivity contribution in [3.05, 3.63) is 70.3 Å². The van der Waals surface area contributed by atoms with E-state index < -0.39 is 0 Å². The fraction of sp³-hybridized carbons (Fsp3) is 0.368. The van der Waals surface area contributed by atoms with Gasteiger partial charge in [-0.25, -0.2) is 0 Å². The molecule has 0 saturated carbocycles. The van der Waals surface area contributed by atoms with Crippen LogP contribution in [0.2, 0.25) is 0 Å². The summed E-state index contributed by atoms with van der Waals surface area (Å²) >= 11 is 0. The zero-order valence-electron chi connectivity index (χ0n) is 12.8. The Balaban J connectivity index is 2.09. The first-order valence-electron chi connectivity index (χ1n) is 7.39. The molecule has 0 aliphatic carbocycles. The van der Waals surface area contributed by atoms with Gasteiger partial charge in [0.2, 0.25) is 0 Å². The quantitative estimate of drug-likeness (QED) is 0.871. The van der Waals surface area contributed by atoms with Crippen LogP contribution in [0.1, 0.15) is 27.8 Å². The molecule has 0 fully saturated rings. The predicted molar refractivity (Wildman–Crippen MR) is 87.0 cm³/mol. The second-order valence-corrected chi connectivity index (χ2v) is 5.99. The van der Waals surface area contributed by atoms with Crippen LogP contribution in [0.15, 0.2) is 42.5 Å². The zero-order valence-corrected chi connectivity index (χ0v) is 12.8. The molecule has 0 aromatic heterocycles. The Bertz CT molecular complexity index is 551. The van der Waals surface area contributed by atoms with Gasteiger partial charge in [0.15, 0.2) is 0 Å². The topological polar surface area (TPSA) is 26.0 Å². The van der Waals surface area contributed by atoms with Crippen molar-refractivity contribution in [3.8, 4) is 0 Å². The Morgan fingerprint density at radius 1 is 0.800 bits per heavy atom. The van der Waals surface area contributed by atoms with E-state index in [0.29, 0.717) is 5.92 Å². The summed E-state index contributed by atoms with van der Waals surface area (Å²) in [7, 11) is 0. The highest BCUT2D eigenvalue weighted by Gasteiger charge is 2.10. The molecule has 0 amide bonds. The minimum absolute atomic E-state index is 0.512. The molecule has 20 heavy (non-hydrogen) atoms. The highest BCUT2D eigenvalue weighted by Crippen LogP contribution is 2.17. The van der Waals surface area contributed by atoms with E-state index in [1.807, 2.05) is 0 Å². The minimum atomic E-state index is 0.512. The van der Waals surface area contributed by atoms with Gasteiger partial charge in [-0.2, -0.15) is 0 Å². The first kappa shape index (κ1) is 14.8. The fourth-order valence-electron chi connectivity index (χ4n) is 2.93. The summed E-state index contributed by atoms with van der Waals surface area (Å²) in [5, 5.41) is 0. The summed E-state index contributed by atoms with van der Waals surface area (Å²) in [4.78, 5) is 0. The van der Waals surface area contributed by atoms with E-state index in [4.69, 9.17) is 5.73 Å². The van der Waals surface area contributed by atoms with Crippen LogP contribution in [-0.4, -0.2) is 6.54 Å². The monoisotopic (exact) mass is 267 g/mol. The van der Waals surface area contributed by atoms with Gasteiger partial charge in [0.25, 0.3) is 0 Å². The third kappa shape index (κ3) is 4.21. The molecule has 0 saturated heterocycles. The second kappa shape index (κ2) is 6.71. The summed E-state index contributed by atoms with van der Waals surface area (Å²) in [5.41, 5.74) is 12.8. The van der Waals surface area contributed by atoms with Crippen LogP contribution in [0.3, 0.4) is 0 Å². The molecule has 0 heterocycles. The lowest BCUT2D eigenvalue weighted by molar-refractivity contribution is 0.533. The van der Waals surface area contributed by atoms with E-state index in [1.165, 1.54) is 27.8 Å². The third-order valence-corrected chi connectivity index (χ3v) is 3.75. The molecule has 0 radical (unpaired) electrons. The molecule has 1 heteroatoms. The maximum Gasteiger partial charge on any atom is -0.00425 e. The predicted octanol–water partition coefficient (Wildman–Crippen LogP) is 3.97. The average molecular weight is 267 g/mol. The molecule has 2 rings (SSSR count). The number of nitrogens with two attached hydrogens (primary N) is 1. The smallest absolute Gasteiger partial charge is 0.00425 e. The summed E-state index contributed by atoms with van der Waals surface area (Å²) in [6, 6.07) is 15.5. The first-order chi connectivity index (χ1) is 9.56. The van der Waals surface area contributed by atoms with Crippen molar-refractivity contribution in [2.75, 3.05) is 6.54 Å². The summed E-state index contributed by atoms with van der Waals surface area (Å²) in [5.74, 6) is 0.512. The lowest BCUT2D eigenvalue weighted by Gasteiger charge is -2.16. The molecular weight excluding hydrogens is 242 g/mol. The van der Waals surface area contributed by atoms with Crippen molar-refractivity contribution in [1.82, 2.24) is 0 Å². The molecule has 1 nitrogen and oxygen atoms in total. The van der Waals surface area contributed by atoms with Crippen molar-refractivity contribution in [2.45, 2.75) is 33.6 Å². The molecule has 0 spiro atoms. The normalized spacial score (nSPS) is 12.4. The Hall–Kier alpha value is -1.60. The SMILES string of the molecule is Cc1cccc(CC(CN)Cc2cc(C)cc(C)c2)c1. The molecule has 1 unspecified atom stereocenters. The number of hydrogen-bond acceptors (Lipinski definition) is 1. The van der Waals surface area contributed by atoms with Crippen LogP contribution in [0.4, 0.5) is 0 Å². The summed E-state index contributed by atoms with van der Waals surface area (Å²) in [6.07, 6.45) is 2.12. The van der Waals surface area contributed by atoms with Gasteiger partial charge in [-0.3, -0.25) is 0 Å². The molecule has 0 aliphatic heterocycles. The van der Waals surface area contributed by atoms with Gasteiger partial charge in [0, 0.05) is 0 Å². The molecule has 1 atom stereocenters. The minimum Gasteiger partial charge on any atom is -0.330 e. The molecule has 2 N–H and O–H groups in total. The van der Waals surface area contributed by atoms with E-state index in [1.54, 1.807) is 0 Å². The van der Waals surface area contributed by atoms with Crippen molar-refractivity contribution in [1.29, 1.82) is 0 Å². The molecule has 0 aliphatic rings. The van der Waals surface area contributed by atoms with Crippen LogP contribution in [0.5, 0.6) is 0 Å². The maximum absolute atomic E-state index is 5.98. The van der Waals surface area contributed by atoms with E-state index in [-0.39, 0.29) is 0 Å². The Morgan fingerprint density at radius 3 is 2.00 bits per heavy atom. The lowest BCUT2D eigenvalue weighted by Crippen LogP contribution is -2.19. The highest BCUT2D eigenvalue weighted by molar-refractivity contribution is 5.29. The van der Waals surface area contributed by atoms with Crippen molar-refractivity contribution >= 4 is 0 Å². The van der Waals surface area contributed by atoms with Crippen LogP contribution in [0.25, 0.3) is 0 Å². The van der Waals surface area contributed by atoms with E-state index >= 15 is 0 Å². The van der Waals surface area contributed by atoms with E-state index in [9.17, 15) is 0 Å². The molecule has 2 aromatic rings. The maximum atomic E-state index is 5.98. The van der Waals surface area contributed by atoms with Gasteiger partial charge in [-0.15, -0.1) is 0 Å².